The van der Waals surface area contributed by atoms with Crippen molar-refractivity contribution in [3.05, 3.63) is 0 Å². The predicted octanol–water partition coefficient (Wildman–Crippen LogP) is 2.19. The van der Waals surface area contributed by atoms with Crippen LogP contribution in [0.4, 0.5) is 0 Å². The molecule has 1 aliphatic rings. The second-order valence-corrected chi connectivity index (χ2v) is 4.31. The molecule has 2 nitrogen and oxygen atoms in total. The van der Waals surface area contributed by atoms with E-state index in [0.717, 1.165) is 19.1 Å². The van der Waals surface area contributed by atoms with Crippen molar-refractivity contribution in [2.24, 2.45) is 5.92 Å². The smallest absolute Gasteiger partial charge is 0.0595 e. The summed E-state index contributed by atoms with van der Waals surface area (Å²) in [4.78, 5) is 0. The third-order valence-corrected chi connectivity index (χ3v) is 3.17. The van der Waals surface area contributed by atoms with Crippen LogP contribution in [-0.4, -0.2) is 25.8 Å². The number of nitrogens with one attached hydrogen (secondary N) is 1. The molecule has 0 aromatic carbocycles. The van der Waals surface area contributed by atoms with E-state index in [0.29, 0.717) is 12.6 Å². The number of rotatable bonds is 6. The van der Waals surface area contributed by atoms with Crippen molar-refractivity contribution in [1.29, 1.82) is 0 Å². The number of hydrogen-bond acceptors (Lipinski definition) is 2. The quantitative estimate of drug-likeness (QED) is 0.535. The maximum absolute atomic E-state index is 5.83. The van der Waals surface area contributed by atoms with Crippen molar-refractivity contribution in [2.45, 2.75) is 45.1 Å². The Balaban J connectivity index is 2.03. The molecule has 0 aromatic rings. The lowest BCUT2D eigenvalue weighted by Gasteiger charge is -2.28. The van der Waals surface area contributed by atoms with E-state index in [9.17, 15) is 0 Å². The van der Waals surface area contributed by atoms with E-state index in [-0.39, 0.29) is 0 Å². The maximum Gasteiger partial charge on any atom is 0.0595 e. The molecule has 1 saturated carbocycles. The van der Waals surface area contributed by atoms with Crippen LogP contribution < -0.4 is 5.32 Å². The first-order chi connectivity index (χ1) is 7.36. The van der Waals surface area contributed by atoms with Gasteiger partial charge in [-0.05, 0) is 18.8 Å². The summed E-state index contributed by atoms with van der Waals surface area (Å²) in [6.45, 7) is 4.59. The lowest BCUT2D eigenvalue weighted by atomic mass is 9.85. The molecule has 0 heterocycles. The Labute approximate surface area is 93.8 Å². The lowest BCUT2D eigenvalue weighted by Crippen LogP contribution is -2.27. The first-order valence-electron chi connectivity index (χ1n) is 6.12. The van der Waals surface area contributed by atoms with E-state index in [2.05, 4.69) is 18.2 Å². The molecule has 0 aliphatic heterocycles. The van der Waals surface area contributed by atoms with Crippen LogP contribution in [0.3, 0.4) is 0 Å². The van der Waals surface area contributed by atoms with E-state index < -0.39 is 0 Å². The van der Waals surface area contributed by atoms with E-state index in [1.165, 1.54) is 32.1 Å². The first kappa shape index (κ1) is 12.5. The van der Waals surface area contributed by atoms with Gasteiger partial charge in [0.15, 0.2) is 0 Å². The van der Waals surface area contributed by atoms with Crippen molar-refractivity contribution in [1.82, 2.24) is 5.32 Å². The van der Waals surface area contributed by atoms with Gasteiger partial charge in [-0.1, -0.05) is 32.1 Å². The molecular formula is C13H23NO. The Hall–Kier alpha value is -0.520. The van der Waals surface area contributed by atoms with Crippen LogP contribution in [0.15, 0.2) is 0 Å². The van der Waals surface area contributed by atoms with E-state index in [4.69, 9.17) is 11.2 Å². The van der Waals surface area contributed by atoms with Crippen LogP contribution in [-0.2, 0) is 4.74 Å². The van der Waals surface area contributed by atoms with Gasteiger partial charge in [0.1, 0.15) is 0 Å². The molecule has 0 bridgehead atoms. The minimum Gasteiger partial charge on any atom is -0.377 e. The summed E-state index contributed by atoms with van der Waals surface area (Å²) in [6, 6.07) is 0. The highest BCUT2D eigenvalue weighted by Gasteiger charge is 2.20. The highest BCUT2D eigenvalue weighted by atomic mass is 16.5. The average molecular weight is 209 g/mol. The topological polar surface area (TPSA) is 21.3 Å². The fourth-order valence-corrected chi connectivity index (χ4v) is 2.22. The molecule has 0 aromatic heterocycles. The fraction of sp³-hybridized carbons (Fsp3) is 0.846. The standard InChI is InChI=1S/C13H23NO/c1-3-8-14-9-10-15-13-7-5-6-12(4-2)11-13/h1,12-14H,4-11H2,2H3. The summed E-state index contributed by atoms with van der Waals surface area (Å²) in [5.74, 6) is 3.45. The molecule has 1 rings (SSSR count). The van der Waals surface area contributed by atoms with Gasteiger partial charge < -0.3 is 10.1 Å². The Morgan fingerprint density at radius 3 is 3.07 bits per heavy atom. The molecule has 1 fully saturated rings. The summed E-state index contributed by atoms with van der Waals surface area (Å²) in [5, 5.41) is 3.14. The second-order valence-electron chi connectivity index (χ2n) is 4.31. The minimum atomic E-state index is 0.497. The summed E-state index contributed by atoms with van der Waals surface area (Å²) in [6.07, 6.45) is 12.2. The lowest BCUT2D eigenvalue weighted by molar-refractivity contribution is 0.0146. The van der Waals surface area contributed by atoms with Gasteiger partial charge in [0.25, 0.3) is 0 Å². The Morgan fingerprint density at radius 2 is 2.33 bits per heavy atom. The van der Waals surface area contributed by atoms with Gasteiger partial charge in [0.05, 0.1) is 19.3 Å². The fourth-order valence-electron chi connectivity index (χ4n) is 2.22. The monoisotopic (exact) mass is 209 g/mol. The van der Waals surface area contributed by atoms with Gasteiger partial charge in [-0.3, -0.25) is 0 Å². The zero-order valence-electron chi connectivity index (χ0n) is 9.80. The molecule has 2 unspecified atom stereocenters. The van der Waals surface area contributed by atoms with Crippen LogP contribution in [0.2, 0.25) is 0 Å². The molecule has 1 N–H and O–H groups in total. The molecule has 15 heavy (non-hydrogen) atoms. The molecule has 2 heteroatoms. The van der Waals surface area contributed by atoms with Crippen LogP contribution in [0.25, 0.3) is 0 Å². The summed E-state index contributed by atoms with van der Waals surface area (Å²) in [7, 11) is 0. The van der Waals surface area contributed by atoms with Gasteiger partial charge in [-0.25, -0.2) is 0 Å². The average Bonchev–Trinajstić information content (AvgIpc) is 2.29. The summed E-state index contributed by atoms with van der Waals surface area (Å²) in [5.41, 5.74) is 0. The van der Waals surface area contributed by atoms with E-state index in [1.807, 2.05) is 0 Å². The number of hydrogen-bond donors (Lipinski definition) is 1. The van der Waals surface area contributed by atoms with Crippen molar-refractivity contribution in [3.63, 3.8) is 0 Å². The van der Waals surface area contributed by atoms with E-state index in [1.54, 1.807) is 0 Å². The van der Waals surface area contributed by atoms with Crippen LogP contribution in [0.1, 0.15) is 39.0 Å². The van der Waals surface area contributed by atoms with Crippen molar-refractivity contribution >= 4 is 0 Å². The predicted molar refractivity (Wildman–Crippen MR) is 63.7 cm³/mol. The first-order valence-corrected chi connectivity index (χ1v) is 6.12. The van der Waals surface area contributed by atoms with Gasteiger partial charge in [0, 0.05) is 6.54 Å². The molecule has 2 atom stereocenters. The zero-order chi connectivity index (χ0) is 10.9. The molecule has 0 spiro atoms. The number of terminal acetylenes is 1. The number of ether oxygens (including phenoxy) is 1. The minimum absolute atomic E-state index is 0.497. The van der Waals surface area contributed by atoms with Crippen molar-refractivity contribution in [3.8, 4) is 12.3 Å². The van der Waals surface area contributed by atoms with Gasteiger partial charge in [-0.15, -0.1) is 6.42 Å². The summed E-state index contributed by atoms with van der Waals surface area (Å²) >= 11 is 0. The molecule has 86 valence electrons. The van der Waals surface area contributed by atoms with Crippen LogP contribution in [0, 0.1) is 18.3 Å². The third-order valence-electron chi connectivity index (χ3n) is 3.17. The molecule has 1 aliphatic carbocycles. The maximum atomic E-state index is 5.83. The summed E-state index contributed by atoms with van der Waals surface area (Å²) < 4.78 is 5.83. The molecule has 0 amide bonds. The van der Waals surface area contributed by atoms with Crippen LogP contribution in [0.5, 0.6) is 0 Å². The molecule has 0 radical (unpaired) electrons. The van der Waals surface area contributed by atoms with E-state index >= 15 is 0 Å². The second kappa shape index (κ2) is 7.73. The Kier molecular flexibility index (Phi) is 6.47. The molecule has 0 saturated heterocycles. The van der Waals surface area contributed by atoms with Crippen molar-refractivity contribution < 1.29 is 4.74 Å². The van der Waals surface area contributed by atoms with Crippen molar-refractivity contribution in [2.75, 3.05) is 19.7 Å². The third kappa shape index (κ3) is 5.20. The zero-order valence-corrected chi connectivity index (χ0v) is 9.80. The van der Waals surface area contributed by atoms with Gasteiger partial charge in [-0.2, -0.15) is 0 Å². The molecular weight excluding hydrogens is 186 g/mol. The largest absolute Gasteiger partial charge is 0.377 e. The normalized spacial score (nSPS) is 26.1. The van der Waals surface area contributed by atoms with Gasteiger partial charge in [0.2, 0.25) is 0 Å². The highest BCUT2D eigenvalue weighted by Crippen LogP contribution is 2.28. The van der Waals surface area contributed by atoms with Crippen LogP contribution >= 0.6 is 0 Å². The Morgan fingerprint density at radius 1 is 1.47 bits per heavy atom. The Bertz CT molecular complexity index is 197. The highest BCUT2D eigenvalue weighted by molar-refractivity contribution is 4.86. The van der Waals surface area contributed by atoms with Gasteiger partial charge >= 0.3 is 0 Å². The SMILES string of the molecule is C#CCNCCOC1CCCC(CC)C1.